The number of aldehydes is 1. The van der Waals surface area contributed by atoms with Crippen LogP contribution in [-0.2, 0) is 0 Å². The number of aromatic nitrogens is 2. The molecular formula is C6H6N2O2. The predicted molar refractivity (Wildman–Crippen MR) is 34.0 cm³/mol. The minimum Gasteiger partial charge on any atom is -0.494 e. The van der Waals surface area contributed by atoms with Crippen molar-refractivity contribution in [1.29, 1.82) is 0 Å². The molecule has 1 aromatic heterocycles. The maximum Gasteiger partial charge on any atom is 0.155 e. The molecule has 0 spiro atoms. The summed E-state index contributed by atoms with van der Waals surface area (Å²) in [7, 11) is 1.48. The molecule has 0 aromatic carbocycles. The highest BCUT2D eigenvalue weighted by molar-refractivity contribution is 5.78. The maximum absolute atomic E-state index is 10.2. The van der Waals surface area contributed by atoms with Crippen molar-refractivity contribution < 1.29 is 9.53 Å². The summed E-state index contributed by atoms with van der Waals surface area (Å²) in [5.74, 6) is 0.449. The third-order valence-electron chi connectivity index (χ3n) is 1.07. The van der Waals surface area contributed by atoms with Crippen LogP contribution in [0.15, 0.2) is 12.4 Å². The van der Waals surface area contributed by atoms with E-state index in [2.05, 4.69) is 10.2 Å². The van der Waals surface area contributed by atoms with Crippen molar-refractivity contribution in [2.75, 3.05) is 7.11 Å². The topological polar surface area (TPSA) is 52.1 Å². The van der Waals surface area contributed by atoms with Gasteiger partial charge >= 0.3 is 0 Å². The van der Waals surface area contributed by atoms with Gasteiger partial charge in [0.15, 0.2) is 12.0 Å². The molecule has 10 heavy (non-hydrogen) atoms. The molecule has 0 saturated carbocycles. The van der Waals surface area contributed by atoms with Gasteiger partial charge in [0.1, 0.15) is 0 Å². The molecule has 0 N–H and O–H groups in total. The smallest absolute Gasteiger partial charge is 0.155 e. The summed E-state index contributed by atoms with van der Waals surface area (Å²) in [4.78, 5) is 10.2. The van der Waals surface area contributed by atoms with Gasteiger partial charge in [0.2, 0.25) is 0 Å². The van der Waals surface area contributed by atoms with Gasteiger partial charge in [0.05, 0.1) is 25.1 Å². The average Bonchev–Trinajstić information content (AvgIpc) is 2.04. The first kappa shape index (κ1) is 6.67. The van der Waals surface area contributed by atoms with E-state index in [4.69, 9.17) is 4.74 Å². The molecule has 0 fully saturated rings. The Morgan fingerprint density at radius 1 is 1.50 bits per heavy atom. The number of carbonyl (C=O) groups excluding carboxylic acids is 1. The average molecular weight is 138 g/mol. The summed E-state index contributed by atoms with van der Waals surface area (Å²) in [6.45, 7) is 0. The fourth-order valence-corrected chi connectivity index (χ4v) is 0.579. The van der Waals surface area contributed by atoms with Gasteiger partial charge in [-0.1, -0.05) is 0 Å². The first-order chi connectivity index (χ1) is 4.88. The number of hydrogen-bond donors (Lipinski definition) is 0. The Balaban J connectivity index is 3.08. The monoisotopic (exact) mass is 138 g/mol. The van der Waals surface area contributed by atoms with Gasteiger partial charge in [-0.05, 0) is 0 Å². The fraction of sp³-hybridized carbons (Fsp3) is 0.167. The van der Waals surface area contributed by atoms with Crippen LogP contribution in [0, 0.1) is 0 Å². The summed E-state index contributed by atoms with van der Waals surface area (Å²) in [5.41, 5.74) is 0.414. The SMILES string of the molecule is COc1cnncc1C=O. The van der Waals surface area contributed by atoms with Gasteiger partial charge in [-0.2, -0.15) is 10.2 Å². The van der Waals surface area contributed by atoms with Crippen LogP contribution in [0.2, 0.25) is 0 Å². The molecule has 1 rings (SSSR count). The Bertz CT molecular complexity index is 237. The van der Waals surface area contributed by atoms with E-state index in [0.717, 1.165) is 0 Å². The first-order valence-corrected chi connectivity index (χ1v) is 2.68. The van der Waals surface area contributed by atoms with E-state index >= 15 is 0 Å². The van der Waals surface area contributed by atoms with E-state index in [9.17, 15) is 4.79 Å². The Labute approximate surface area is 57.8 Å². The van der Waals surface area contributed by atoms with Crippen LogP contribution in [0.25, 0.3) is 0 Å². The van der Waals surface area contributed by atoms with Crippen LogP contribution >= 0.6 is 0 Å². The van der Waals surface area contributed by atoms with Crippen LogP contribution in [-0.4, -0.2) is 23.6 Å². The van der Waals surface area contributed by atoms with Crippen LogP contribution in [0.5, 0.6) is 5.75 Å². The molecule has 4 heteroatoms. The summed E-state index contributed by atoms with van der Waals surface area (Å²) in [5, 5.41) is 7.03. The molecule has 1 heterocycles. The molecule has 0 bridgehead atoms. The van der Waals surface area contributed by atoms with Crippen molar-refractivity contribution in [3.05, 3.63) is 18.0 Å². The van der Waals surface area contributed by atoms with Gasteiger partial charge in [-0.15, -0.1) is 0 Å². The van der Waals surface area contributed by atoms with E-state index in [1.54, 1.807) is 0 Å². The molecular weight excluding hydrogens is 132 g/mol. The second-order valence-electron chi connectivity index (χ2n) is 1.63. The Morgan fingerprint density at radius 3 is 2.70 bits per heavy atom. The van der Waals surface area contributed by atoms with E-state index < -0.39 is 0 Å². The summed E-state index contributed by atoms with van der Waals surface area (Å²) >= 11 is 0. The predicted octanol–water partition coefficient (Wildman–Crippen LogP) is 0.298. The second kappa shape index (κ2) is 2.91. The van der Waals surface area contributed by atoms with Crippen molar-refractivity contribution >= 4 is 6.29 Å². The molecule has 0 aliphatic carbocycles. The summed E-state index contributed by atoms with van der Waals surface area (Å²) in [6.07, 6.45) is 3.42. The van der Waals surface area contributed by atoms with Gasteiger partial charge in [0.25, 0.3) is 0 Å². The second-order valence-corrected chi connectivity index (χ2v) is 1.63. The Morgan fingerprint density at radius 2 is 2.20 bits per heavy atom. The molecule has 0 atom stereocenters. The van der Waals surface area contributed by atoms with Crippen molar-refractivity contribution in [3.63, 3.8) is 0 Å². The van der Waals surface area contributed by atoms with Crippen molar-refractivity contribution in [3.8, 4) is 5.75 Å². The van der Waals surface area contributed by atoms with Crippen LogP contribution in [0.1, 0.15) is 10.4 Å². The first-order valence-electron chi connectivity index (χ1n) is 2.68. The number of nitrogens with zero attached hydrogens (tertiary/aromatic N) is 2. The molecule has 0 amide bonds. The molecule has 1 aromatic rings. The molecule has 0 aliphatic heterocycles. The summed E-state index contributed by atoms with van der Waals surface area (Å²) < 4.78 is 4.80. The number of ether oxygens (including phenoxy) is 1. The van der Waals surface area contributed by atoms with E-state index in [1.807, 2.05) is 0 Å². The van der Waals surface area contributed by atoms with Crippen molar-refractivity contribution in [1.82, 2.24) is 10.2 Å². The number of hydrogen-bond acceptors (Lipinski definition) is 4. The lowest BCUT2D eigenvalue weighted by Crippen LogP contribution is -1.92. The molecule has 0 unspecified atom stereocenters. The number of carbonyl (C=O) groups is 1. The van der Waals surface area contributed by atoms with Crippen molar-refractivity contribution in [2.45, 2.75) is 0 Å². The van der Waals surface area contributed by atoms with Crippen LogP contribution in [0.4, 0.5) is 0 Å². The van der Waals surface area contributed by atoms with Gasteiger partial charge in [-0.3, -0.25) is 4.79 Å². The molecule has 0 aliphatic rings. The molecule has 0 radical (unpaired) electrons. The highest BCUT2D eigenvalue weighted by Crippen LogP contribution is 2.10. The van der Waals surface area contributed by atoms with Crippen LogP contribution in [0.3, 0.4) is 0 Å². The van der Waals surface area contributed by atoms with Crippen molar-refractivity contribution in [2.24, 2.45) is 0 Å². The maximum atomic E-state index is 10.2. The molecule has 0 saturated heterocycles. The van der Waals surface area contributed by atoms with E-state index in [0.29, 0.717) is 17.6 Å². The largest absolute Gasteiger partial charge is 0.494 e. The van der Waals surface area contributed by atoms with Gasteiger partial charge in [-0.25, -0.2) is 0 Å². The third kappa shape index (κ3) is 1.10. The zero-order chi connectivity index (χ0) is 7.40. The number of rotatable bonds is 2. The summed E-state index contributed by atoms with van der Waals surface area (Å²) in [6, 6.07) is 0. The lowest BCUT2D eigenvalue weighted by Gasteiger charge is -1.98. The highest BCUT2D eigenvalue weighted by Gasteiger charge is 1.98. The lowest BCUT2D eigenvalue weighted by atomic mass is 10.3. The lowest BCUT2D eigenvalue weighted by molar-refractivity contribution is 0.112. The Hall–Kier alpha value is -1.45. The van der Waals surface area contributed by atoms with E-state index in [1.165, 1.54) is 19.5 Å². The van der Waals surface area contributed by atoms with E-state index in [-0.39, 0.29) is 0 Å². The Kier molecular flexibility index (Phi) is 1.94. The van der Waals surface area contributed by atoms with Crippen LogP contribution < -0.4 is 4.74 Å². The molecule has 52 valence electrons. The minimum absolute atomic E-state index is 0.414. The van der Waals surface area contributed by atoms with Gasteiger partial charge in [0, 0.05) is 0 Å². The zero-order valence-corrected chi connectivity index (χ0v) is 5.44. The number of methoxy groups -OCH3 is 1. The third-order valence-corrected chi connectivity index (χ3v) is 1.07. The van der Waals surface area contributed by atoms with Gasteiger partial charge < -0.3 is 4.74 Å². The molecule has 4 nitrogen and oxygen atoms in total. The standard InChI is InChI=1S/C6H6N2O2/c1-10-6-3-8-7-2-5(6)4-9/h2-4H,1H3. The normalized spacial score (nSPS) is 8.90. The minimum atomic E-state index is 0.414. The quantitative estimate of drug-likeness (QED) is 0.551. The zero-order valence-electron chi connectivity index (χ0n) is 5.44. The highest BCUT2D eigenvalue weighted by atomic mass is 16.5. The fourth-order valence-electron chi connectivity index (χ4n) is 0.579.